The first-order valence-electron chi connectivity index (χ1n) is 9.86. The maximum atomic E-state index is 14.4. The Balaban J connectivity index is 1.47. The normalized spacial score (nSPS) is 21.5. The highest BCUT2D eigenvalue weighted by Crippen LogP contribution is 2.41. The van der Waals surface area contributed by atoms with Crippen molar-refractivity contribution in [2.75, 3.05) is 16.8 Å². The molecular weight excluding hydrogens is 451 g/mol. The number of carbonyl (C=O) groups is 2. The molecule has 5 rings (SSSR count). The van der Waals surface area contributed by atoms with Crippen molar-refractivity contribution in [2.24, 2.45) is 0 Å². The predicted octanol–water partition coefficient (Wildman–Crippen LogP) is 3.20. The van der Waals surface area contributed by atoms with Crippen molar-refractivity contribution in [1.82, 2.24) is 19.9 Å². The molecule has 172 valence electrons. The maximum Gasteiger partial charge on any atom is 0.319 e. The lowest BCUT2D eigenvalue weighted by Gasteiger charge is -2.25. The van der Waals surface area contributed by atoms with Crippen LogP contribution in [0.15, 0.2) is 30.5 Å². The predicted molar refractivity (Wildman–Crippen MR) is 105 cm³/mol. The van der Waals surface area contributed by atoms with Gasteiger partial charge in [0, 0.05) is 24.6 Å². The number of fused-ring (bicyclic) bond motifs is 1. The molecule has 1 aliphatic heterocycles. The lowest BCUT2D eigenvalue weighted by Crippen LogP contribution is -2.33. The summed E-state index contributed by atoms with van der Waals surface area (Å²) in [4.78, 5) is 29.8. The second-order valence-electron chi connectivity index (χ2n) is 7.89. The van der Waals surface area contributed by atoms with Gasteiger partial charge in [0.1, 0.15) is 29.2 Å². The lowest BCUT2D eigenvalue weighted by molar-refractivity contribution is -0.116. The van der Waals surface area contributed by atoms with E-state index in [9.17, 15) is 31.5 Å². The minimum atomic E-state index is -3.01. The number of halogens is 5. The van der Waals surface area contributed by atoms with Crippen molar-refractivity contribution in [3.8, 4) is 0 Å². The number of nitrogens with one attached hydrogen (secondary N) is 2. The number of amides is 2. The highest BCUT2D eigenvalue weighted by molar-refractivity contribution is 5.94. The average molecular weight is 466 g/mol. The maximum absolute atomic E-state index is 14.4. The molecule has 1 saturated carbocycles. The number of urea groups is 1. The van der Waals surface area contributed by atoms with Gasteiger partial charge >= 0.3 is 6.03 Å². The van der Waals surface area contributed by atoms with Gasteiger partial charge in [-0.2, -0.15) is 4.39 Å². The fourth-order valence-corrected chi connectivity index (χ4v) is 3.82. The Labute approximate surface area is 182 Å². The summed E-state index contributed by atoms with van der Waals surface area (Å²) in [5, 5.41) is 7.73. The molecule has 1 saturated heterocycles. The number of rotatable bonds is 4. The summed E-state index contributed by atoms with van der Waals surface area (Å²) >= 11 is 0. The molecular formula is C20H15F5N6O2. The van der Waals surface area contributed by atoms with Crippen molar-refractivity contribution in [2.45, 2.75) is 30.8 Å². The zero-order chi connectivity index (χ0) is 23.5. The molecule has 0 spiro atoms. The van der Waals surface area contributed by atoms with Gasteiger partial charge in [-0.25, -0.2) is 31.9 Å². The monoisotopic (exact) mass is 466 g/mol. The Morgan fingerprint density at radius 3 is 2.67 bits per heavy atom. The SMILES string of the molecule is O=C1CC(c2cc(F)ccc2F)N(c2ccn3nc(F)c(NC(=O)NC4CC4(F)F)c3n2)C1. The molecule has 8 nitrogen and oxygen atoms in total. The van der Waals surface area contributed by atoms with Crippen LogP contribution in [-0.2, 0) is 4.79 Å². The van der Waals surface area contributed by atoms with E-state index >= 15 is 0 Å². The average Bonchev–Trinajstić information content (AvgIpc) is 3.05. The molecule has 0 bridgehead atoms. The Morgan fingerprint density at radius 2 is 1.94 bits per heavy atom. The van der Waals surface area contributed by atoms with E-state index in [-0.39, 0.29) is 35.8 Å². The van der Waals surface area contributed by atoms with Crippen LogP contribution in [-0.4, -0.2) is 44.9 Å². The van der Waals surface area contributed by atoms with Crippen LogP contribution < -0.4 is 15.5 Å². The largest absolute Gasteiger partial charge is 0.342 e. The standard InChI is InChI=1S/C20H15F5N6O2/c21-9-1-2-12(22)11(5-9)13-6-10(32)8-30(13)15-3-4-31-18(27-15)16(17(23)29-31)28-19(33)26-14-7-20(14,24)25/h1-5,13-14H,6-8H2,(H2,26,28,33). The van der Waals surface area contributed by atoms with Gasteiger partial charge in [-0.15, -0.1) is 5.10 Å². The van der Waals surface area contributed by atoms with Crippen molar-refractivity contribution in [1.29, 1.82) is 0 Å². The van der Waals surface area contributed by atoms with E-state index < -0.39 is 53.7 Å². The highest BCUT2D eigenvalue weighted by atomic mass is 19.3. The third-order valence-electron chi connectivity index (χ3n) is 5.55. The summed E-state index contributed by atoms with van der Waals surface area (Å²) in [5.74, 6) is -5.61. The van der Waals surface area contributed by atoms with E-state index in [1.54, 1.807) is 0 Å². The summed E-state index contributed by atoms with van der Waals surface area (Å²) in [6.45, 7) is -0.152. The molecule has 13 heteroatoms. The smallest absolute Gasteiger partial charge is 0.319 e. The van der Waals surface area contributed by atoms with E-state index in [2.05, 4.69) is 15.4 Å². The van der Waals surface area contributed by atoms with E-state index in [0.717, 1.165) is 22.7 Å². The van der Waals surface area contributed by atoms with E-state index in [1.807, 2.05) is 5.32 Å². The van der Waals surface area contributed by atoms with Gasteiger partial charge in [0.05, 0.1) is 12.6 Å². The van der Waals surface area contributed by atoms with Crippen LogP contribution in [0.25, 0.3) is 5.65 Å². The molecule has 3 heterocycles. The molecule has 1 aromatic carbocycles. The lowest BCUT2D eigenvalue weighted by atomic mass is 10.0. The van der Waals surface area contributed by atoms with Gasteiger partial charge < -0.3 is 15.5 Å². The summed E-state index contributed by atoms with van der Waals surface area (Å²) in [7, 11) is 0. The third kappa shape index (κ3) is 3.83. The summed E-state index contributed by atoms with van der Waals surface area (Å²) in [6, 6.07) is 1.05. The fourth-order valence-electron chi connectivity index (χ4n) is 3.82. The topological polar surface area (TPSA) is 91.6 Å². The summed E-state index contributed by atoms with van der Waals surface area (Å²) in [6.07, 6.45) is 0.700. The van der Waals surface area contributed by atoms with Gasteiger partial charge in [-0.1, -0.05) is 0 Å². The number of hydrogen-bond acceptors (Lipinski definition) is 5. The first-order chi connectivity index (χ1) is 15.6. The number of hydrogen-bond donors (Lipinski definition) is 2. The zero-order valence-electron chi connectivity index (χ0n) is 16.7. The quantitative estimate of drug-likeness (QED) is 0.577. The van der Waals surface area contributed by atoms with Crippen molar-refractivity contribution in [3.63, 3.8) is 0 Å². The van der Waals surface area contributed by atoms with E-state index in [4.69, 9.17) is 0 Å². The van der Waals surface area contributed by atoms with Gasteiger partial charge in [0.2, 0.25) is 0 Å². The first-order valence-corrected chi connectivity index (χ1v) is 9.86. The fraction of sp³-hybridized carbons (Fsp3) is 0.300. The number of benzene rings is 1. The summed E-state index contributed by atoms with van der Waals surface area (Å²) < 4.78 is 69.5. The minimum absolute atomic E-state index is 0.0368. The van der Waals surface area contributed by atoms with E-state index in [1.165, 1.54) is 17.2 Å². The van der Waals surface area contributed by atoms with Crippen LogP contribution >= 0.6 is 0 Å². The Hall–Kier alpha value is -3.77. The summed E-state index contributed by atoms with van der Waals surface area (Å²) in [5.41, 5.74) is -0.664. The highest BCUT2D eigenvalue weighted by Gasteiger charge is 2.58. The third-order valence-corrected chi connectivity index (χ3v) is 5.55. The molecule has 2 fully saturated rings. The van der Waals surface area contributed by atoms with Gasteiger partial charge in [0.15, 0.2) is 11.4 Å². The number of anilines is 2. The van der Waals surface area contributed by atoms with Crippen LogP contribution in [0.5, 0.6) is 0 Å². The molecule has 33 heavy (non-hydrogen) atoms. The molecule has 2 unspecified atom stereocenters. The number of carbonyl (C=O) groups excluding carboxylic acids is 2. The van der Waals surface area contributed by atoms with Gasteiger partial charge in [-0.05, 0) is 24.3 Å². The number of Topliss-reactive ketones (excluding diaryl/α,β-unsaturated/α-hetero) is 1. The number of nitrogens with zero attached hydrogens (tertiary/aromatic N) is 4. The van der Waals surface area contributed by atoms with Crippen LogP contribution in [0.3, 0.4) is 0 Å². The van der Waals surface area contributed by atoms with Crippen molar-refractivity contribution >= 4 is 29.0 Å². The molecule has 3 aromatic rings. The second-order valence-corrected chi connectivity index (χ2v) is 7.89. The Morgan fingerprint density at radius 1 is 1.18 bits per heavy atom. The molecule has 2 N–H and O–H groups in total. The second kappa shape index (κ2) is 7.39. The first kappa shape index (κ1) is 21.1. The van der Waals surface area contributed by atoms with Gasteiger partial charge in [0.25, 0.3) is 11.9 Å². The molecule has 2 atom stereocenters. The van der Waals surface area contributed by atoms with Crippen LogP contribution in [0.4, 0.5) is 38.3 Å². The molecule has 2 aliphatic rings. The molecule has 2 amide bonds. The van der Waals surface area contributed by atoms with Crippen molar-refractivity contribution in [3.05, 3.63) is 53.6 Å². The minimum Gasteiger partial charge on any atom is -0.342 e. The molecule has 1 aliphatic carbocycles. The number of alkyl halides is 2. The number of aromatic nitrogens is 3. The molecule has 0 radical (unpaired) electrons. The van der Waals surface area contributed by atoms with Crippen molar-refractivity contribution < 1.29 is 31.5 Å². The Kier molecular flexibility index (Phi) is 4.72. The van der Waals surface area contributed by atoms with Crippen LogP contribution in [0.2, 0.25) is 0 Å². The van der Waals surface area contributed by atoms with Gasteiger partial charge in [-0.3, -0.25) is 4.79 Å². The zero-order valence-corrected chi connectivity index (χ0v) is 16.7. The van der Waals surface area contributed by atoms with E-state index in [0.29, 0.717) is 0 Å². The van der Waals surface area contributed by atoms with Crippen LogP contribution in [0, 0.1) is 17.6 Å². The Bertz CT molecular complexity index is 1300. The number of ketones is 1. The van der Waals surface area contributed by atoms with Crippen LogP contribution in [0.1, 0.15) is 24.4 Å². The molecule has 2 aromatic heterocycles.